The Balaban J connectivity index is 2.26. The largest absolute Gasteiger partial charge is 0.493 e. The van der Waals surface area contributed by atoms with Gasteiger partial charge in [0, 0.05) is 41.5 Å². The SMILES string of the molecule is CCN(CC)P(=O)(O)C[C@H]1O[C@H](c2cccc(OC)c2OC)c2cc(Cl)ccc2N(CC(C)(C)C)C1=O. The van der Waals surface area contributed by atoms with E-state index in [0.717, 1.165) is 0 Å². The zero-order valence-electron chi connectivity index (χ0n) is 22.7. The number of anilines is 1. The van der Waals surface area contributed by atoms with Crippen molar-refractivity contribution in [3.05, 3.63) is 52.5 Å². The third-order valence-electron chi connectivity index (χ3n) is 6.33. The normalized spacial score (nSPS) is 19.8. The van der Waals surface area contributed by atoms with Crippen molar-refractivity contribution in [3.8, 4) is 11.5 Å². The molecule has 1 aliphatic heterocycles. The van der Waals surface area contributed by atoms with Crippen molar-refractivity contribution in [1.29, 1.82) is 0 Å². The molecule has 0 spiro atoms. The predicted octanol–water partition coefficient (Wildman–Crippen LogP) is 5.75. The Morgan fingerprint density at radius 1 is 1.11 bits per heavy atom. The molecule has 0 aromatic heterocycles. The number of hydrogen-bond acceptors (Lipinski definition) is 5. The van der Waals surface area contributed by atoms with E-state index in [9.17, 15) is 14.3 Å². The van der Waals surface area contributed by atoms with E-state index in [2.05, 4.69) is 0 Å². The Morgan fingerprint density at radius 3 is 2.35 bits per heavy atom. The average molecular weight is 553 g/mol. The van der Waals surface area contributed by atoms with Gasteiger partial charge in [0.05, 0.1) is 20.4 Å². The highest BCUT2D eigenvalue weighted by Gasteiger charge is 2.43. The van der Waals surface area contributed by atoms with Gasteiger partial charge in [0.2, 0.25) is 0 Å². The molecule has 0 saturated carbocycles. The van der Waals surface area contributed by atoms with Crippen LogP contribution in [-0.2, 0) is 14.1 Å². The maximum atomic E-state index is 14.1. The zero-order valence-corrected chi connectivity index (χ0v) is 24.3. The average Bonchev–Trinajstić information content (AvgIpc) is 2.93. The third kappa shape index (κ3) is 6.50. The summed E-state index contributed by atoms with van der Waals surface area (Å²) in [6, 6.07) is 10.7. The minimum atomic E-state index is -3.88. The molecule has 37 heavy (non-hydrogen) atoms. The molecule has 1 aliphatic rings. The van der Waals surface area contributed by atoms with Gasteiger partial charge in [-0.25, -0.2) is 4.67 Å². The molecule has 8 nitrogen and oxygen atoms in total. The van der Waals surface area contributed by atoms with E-state index in [1.165, 1.54) is 11.8 Å². The van der Waals surface area contributed by atoms with E-state index in [1.54, 1.807) is 36.3 Å². The summed E-state index contributed by atoms with van der Waals surface area (Å²) in [4.78, 5) is 26.7. The van der Waals surface area contributed by atoms with Crippen LogP contribution in [0.5, 0.6) is 11.5 Å². The van der Waals surface area contributed by atoms with Gasteiger partial charge in [-0.05, 0) is 29.7 Å². The number of methoxy groups -OCH3 is 2. The number of carbonyl (C=O) groups is 1. The van der Waals surface area contributed by atoms with Gasteiger partial charge in [-0.3, -0.25) is 9.36 Å². The Hall–Kier alpha value is -2.09. The molecule has 2 aromatic rings. The fraction of sp³-hybridized carbons (Fsp3) is 0.519. The van der Waals surface area contributed by atoms with Crippen LogP contribution in [0.3, 0.4) is 0 Å². The molecule has 0 aliphatic carbocycles. The van der Waals surface area contributed by atoms with E-state index in [-0.39, 0.29) is 17.5 Å². The van der Waals surface area contributed by atoms with Crippen LogP contribution >= 0.6 is 19.1 Å². The quantitative estimate of drug-likeness (QED) is 0.396. The first-order valence-electron chi connectivity index (χ1n) is 12.4. The monoisotopic (exact) mass is 552 g/mol. The highest BCUT2D eigenvalue weighted by Crippen LogP contribution is 2.50. The van der Waals surface area contributed by atoms with Gasteiger partial charge in [0.15, 0.2) is 11.5 Å². The summed E-state index contributed by atoms with van der Waals surface area (Å²) < 4.78 is 32.7. The molecular formula is C27H38ClN2O6P. The summed E-state index contributed by atoms with van der Waals surface area (Å²) >= 11 is 6.45. The van der Waals surface area contributed by atoms with Gasteiger partial charge in [-0.1, -0.05) is 58.4 Å². The number of carbonyl (C=O) groups excluding carboxylic acids is 1. The van der Waals surface area contributed by atoms with E-state index in [0.29, 0.717) is 53.0 Å². The Kier molecular flexibility index (Phi) is 9.36. The van der Waals surface area contributed by atoms with Crippen molar-refractivity contribution in [3.63, 3.8) is 0 Å². The molecule has 1 N–H and O–H groups in total. The smallest absolute Gasteiger partial charge is 0.272 e. The van der Waals surface area contributed by atoms with Crippen molar-refractivity contribution in [1.82, 2.24) is 4.67 Å². The van der Waals surface area contributed by atoms with Crippen LogP contribution in [0.25, 0.3) is 0 Å². The molecule has 3 atom stereocenters. The molecular weight excluding hydrogens is 515 g/mol. The number of nitrogens with zero attached hydrogens (tertiary/aromatic N) is 2. The second-order valence-corrected chi connectivity index (χ2v) is 13.0. The number of hydrogen-bond donors (Lipinski definition) is 1. The van der Waals surface area contributed by atoms with Crippen LogP contribution in [0.1, 0.15) is 51.8 Å². The first-order valence-corrected chi connectivity index (χ1v) is 14.6. The number of fused-ring (bicyclic) bond motifs is 1. The molecule has 1 heterocycles. The van der Waals surface area contributed by atoms with Gasteiger partial charge in [0.25, 0.3) is 13.4 Å². The lowest BCUT2D eigenvalue weighted by molar-refractivity contribution is -0.130. The maximum Gasteiger partial charge on any atom is 0.272 e. The van der Waals surface area contributed by atoms with Crippen LogP contribution in [0.15, 0.2) is 36.4 Å². The molecule has 0 saturated heterocycles. The zero-order chi connectivity index (χ0) is 27.5. The van der Waals surface area contributed by atoms with Gasteiger partial charge in [-0.2, -0.15) is 0 Å². The Labute approximate surface area is 225 Å². The first kappa shape index (κ1) is 29.5. The highest BCUT2D eigenvalue weighted by molar-refractivity contribution is 7.55. The number of rotatable bonds is 9. The minimum Gasteiger partial charge on any atom is -0.493 e. The van der Waals surface area contributed by atoms with Crippen LogP contribution in [0.4, 0.5) is 5.69 Å². The number of para-hydroxylation sites is 1. The Morgan fingerprint density at radius 2 is 1.78 bits per heavy atom. The van der Waals surface area contributed by atoms with Crippen LogP contribution < -0.4 is 14.4 Å². The maximum absolute atomic E-state index is 14.1. The molecule has 1 amide bonds. The summed E-state index contributed by atoms with van der Waals surface area (Å²) in [6.45, 7) is 10.9. The summed E-state index contributed by atoms with van der Waals surface area (Å²) in [6.07, 6.45) is -2.35. The van der Waals surface area contributed by atoms with E-state index in [1.807, 2.05) is 46.8 Å². The Bertz CT molecular complexity index is 1160. The highest BCUT2D eigenvalue weighted by atomic mass is 35.5. The predicted molar refractivity (Wildman–Crippen MR) is 147 cm³/mol. The molecule has 10 heteroatoms. The van der Waals surface area contributed by atoms with E-state index >= 15 is 0 Å². The second-order valence-electron chi connectivity index (χ2n) is 10.3. The van der Waals surface area contributed by atoms with Crippen molar-refractivity contribution in [2.75, 3.05) is 44.9 Å². The van der Waals surface area contributed by atoms with Crippen LogP contribution in [0.2, 0.25) is 5.02 Å². The number of ether oxygens (including phenoxy) is 3. The fourth-order valence-electron chi connectivity index (χ4n) is 4.68. The first-order chi connectivity index (χ1) is 17.4. The molecule has 0 radical (unpaired) electrons. The summed E-state index contributed by atoms with van der Waals surface area (Å²) in [5.41, 5.74) is 1.66. The summed E-state index contributed by atoms with van der Waals surface area (Å²) in [5, 5.41) is 0.479. The standard InChI is InChI=1S/C27H38ClN2O6P/c1-8-29(9-2)37(32,33)16-23-26(31)30(17-27(3,4)5)21-14-13-18(28)15-20(21)24(36-23)19-11-10-12-22(34-6)25(19)35-7/h10-15,23-24H,8-9,16-17H2,1-7H3,(H,32,33)/t23-,24-/m1/s1. The molecule has 1 unspecified atom stereocenters. The molecule has 0 fully saturated rings. The number of amides is 1. The summed E-state index contributed by atoms with van der Waals surface area (Å²) in [7, 11) is -0.803. The van der Waals surface area contributed by atoms with E-state index < -0.39 is 19.7 Å². The number of halogens is 1. The fourth-order valence-corrected chi connectivity index (χ4v) is 6.65. The molecule has 2 aromatic carbocycles. The molecule has 204 valence electrons. The minimum absolute atomic E-state index is 0.258. The van der Waals surface area contributed by atoms with E-state index in [4.69, 9.17) is 25.8 Å². The lowest BCUT2D eigenvalue weighted by atomic mass is 9.94. The van der Waals surface area contributed by atoms with Gasteiger partial charge in [0.1, 0.15) is 12.2 Å². The summed E-state index contributed by atoms with van der Waals surface area (Å²) in [5.74, 6) is 0.582. The van der Waals surface area contributed by atoms with Crippen molar-refractivity contribution in [2.45, 2.75) is 46.8 Å². The van der Waals surface area contributed by atoms with Crippen LogP contribution in [0, 0.1) is 5.41 Å². The third-order valence-corrected chi connectivity index (χ3v) is 8.82. The van der Waals surface area contributed by atoms with Crippen molar-refractivity contribution >= 4 is 30.7 Å². The molecule has 3 rings (SSSR count). The van der Waals surface area contributed by atoms with Crippen molar-refractivity contribution < 1.29 is 28.5 Å². The topological polar surface area (TPSA) is 88.5 Å². The lowest BCUT2D eigenvalue weighted by Crippen LogP contribution is -2.45. The van der Waals surface area contributed by atoms with Gasteiger partial charge in [-0.15, -0.1) is 0 Å². The van der Waals surface area contributed by atoms with Gasteiger partial charge < -0.3 is 24.0 Å². The van der Waals surface area contributed by atoms with Crippen LogP contribution in [-0.4, -0.2) is 61.6 Å². The van der Waals surface area contributed by atoms with Crippen molar-refractivity contribution in [2.24, 2.45) is 5.41 Å². The molecule has 0 bridgehead atoms. The van der Waals surface area contributed by atoms with Gasteiger partial charge >= 0.3 is 0 Å². The number of benzene rings is 2. The second kappa shape index (κ2) is 11.7. The lowest BCUT2D eigenvalue weighted by Gasteiger charge is -2.32.